The van der Waals surface area contributed by atoms with Gasteiger partial charge in [0.05, 0.1) is 4.47 Å². The summed E-state index contributed by atoms with van der Waals surface area (Å²) in [5, 5.41) is 0. The van der Waals surface area contributed by atoms with Crippen molar-refractivity contribution in [3.05, 3.63) is 57.6 Å². The molecule has 3 heteroatoms. The summed E-state index contributed by atoms with van der Waals surface area (Å²) in [6.07, 6.45) is 0.810. The summed E-state index contributed by atoms with van der Waals surface area (Å²) < 4.78 is 6.55. The van der Waals surface area contributed by atoms with Gasteiger partial charge < -0.3 is 4.74 Å². The van der Waals surface area contributed by atoms with Crippen LogP contribution >= 0.6 is 15.9 Å². The number of rotatable bonds is 3. The molecule has 0 heterocycles. The SMILES string of the molecule is Cc1ccc(Oc2ccc(C=O)cc2Br)cc1C. The van der Waals surface area contributed by atoms with E-state index in [0.717, 1.165) is 16.5 Å². The van der Waals surface area contributed by atoms with E-state index in [1.54, 1.807) is 18.2 Å². The highest BCUT2D eigenvalue weighted by Gasteiger charge is 2.04. The lowest BCUT2D eigenvalue weighted by Crippen LogP contribution is -1.89. The maximum atomic E-state index is 10.6. The molecule has 0 fully saturated rings. The third-order valence-electron chi connectivity index (χ3n) is 2.80. The summed E-state index contributed by atoms with van der Waals surface area (Å²) in [5.41, 5.74) is 3.04. The summed E-state index contributed by atoms with van der Waals surface area (Å²) in [4.78, 5) is 10.6. The lowest BCUT2D eigenvalue weighted by atomic mass is 10.1. The van der Waals surface area contributed by atoms with Crippen molar-refractivity contribution in [2.75, 3.05) is 0 Å². The molecule has 2 rings (SSSR count). The first-order valence-electron chi connectivity index (χ1n) is 5.60. The van der Waals surface area contributed by atoms with E-state index in [0.29, 0.717) is 11.3 Å². The number of benzene rings is 2. The number of hydrogen-bond acceptors (Lipinski definition) is 2. The van der Waals surface area contributed by atoms with Crippen molar-refractivity contribution in [3.63, 3.8) is 0 Å². The van der Waals surface area contributed by atoms with Gasteiger partial charge in [-0.1, -0.05) is 6.07 Å². The molecule has 2 aromatic rings. The van der Waals surface area contributed by atoms with Gasteiger partial charge in [0.2, 0.25) is 0 Å². The van der Waals surface area contributed by atoms with E-state index in [9.17, 15) is 4.79 Å². The number of carbonyl (C=O) groups is 1. The molecule has 0 unspecified atom stereocenters. The number of carbonyl (C=O) groups excluding carboxylic acids is 1. The fraction of sp³-hybridized carbons (Fsp3) is 0.133. The van der Waals surface area contributed by atoms with Gasteiger partial charge in [0.15, 0.2) is 0 Å². The fourth-order valence-electron chi connectivity index (χ4n) is 1.58. The predicted octanol–water partition coefficient (Wildman–Crippen LogP) is 4.67. The van der Waals surface area contributed by atoms with E-state index in [-0.39, 0.29) is 0 Å². The fourth-order valence-corrected chi connectivity index (χ4v) is 2.05. The third-order valence-corrected chi connectivity index (χ3v) is 3.42. The van der Waals surface area contributed by atoms with Gasteiger partial charge in [-0.25, -0.2) is 0 Å². The van der Waals surface area contributed by atoms with Gasteiger partial charge >= 0.3 is 0 Å². The van der Waals surface area contributed by atoms with Crippen molar-refractivity contribution in [2.45, 2.75) is 13.8 Å². The zero-order valence-electron chi connectivity index (χ0n) is 10.2. The second-order valence-electron chi connectivity index (χ2n) is 4.16. The normalized spacial score (nSPS) is 10.2. The number of hydrogen-bond donors (Lipinski definition) is 0. The van der Waals surface area contributed by atoms with E-state index in [1.807, 2.05) is 25.1 Å². The molecule has 92 valence electrons. The molecule has 0 aliphatic carbocycles. The average molecular weight is 305 g/mol. The highest BCUT2D eigenvalue weighted by molar-refractivity contribution is 9.10. The number of halogens is 1. The Labute approximate surface area is 115 Å². The average Bonchev–Trinajstić information content (AvgIpc) is 2.36. The summed E-state index contributed by atoms with van der Waals surface area (Å²) in [6, 6.07) is 11.2. The predicted molar refractivity (Wildman–Crippen MR) is 75.5 cm³/mol. The van der Waals surface area contributed by atoms with Crippen LogP contribution in [-0.2, 0) is 0 Å². The molecule has 0 amide bonds. The Morgan fingerprint density at radius 2 is 1.83 bits per heavy atom. The molecular formula is C15H13BrO2. The van der Waals surface area contributed by atoms with Gasteiger partial charge in [-0.2, -0.15) is 0 Å². The molecule has 2 nitrogen and oxygen atoms in total. The smallest absolute Gasteiger partial charge is 0.150 e. The first-order chi connectivity index (χ1) is 8.60. The minimum Gasteiger partial charge on any atom is -0.456 e. The van der Waals surface area contributed by atoms with Gasteiger partial charge in [0.25, 0.3) is 0 Å². The van der Waals surface area contributed by atoms with E-state index in [4.69, 9.17) is 4.74 Å². The molecule has 0 saturated heterocycles. The zero-order chi connectivity index (χ0) is 13.1. The van der Waals surface area contributed by atoms with Crippen LogP contribution in [0.3, 0.4) is 0 Å². The molecule has 0 atom stereocenters. The van der Waals surface area contributed by atoms with Crippen molar-refractivity contribution < 1.29 is 9.53 Å². The van der Waals surface area contributed by atoms with Crippen LogP contribution in [0.15, 0.2) is 40.9 Å². The Morgan fingerprint density at radius 1 is 1.06 bits per heavy atom. The van der Waals surface area contributed by atoms with Crippen LogP contribution in [0.25, 0.3) is 0 Å². The van der Waals surface area contributed by atoms with Crippen LogP contribution in [0.1, 0.15) is 21.5 Å². The van der Waals surface area contributed by atoms with E-state index in [1.165, 1.54) is 11.1 Å². The molecule has 0 aromatic heterocycles. The van der Waals surface area contributed by atoms with E-state index in [2.05, 4.69) is 22.9 Å². The molecule has 0 bridgehead atoms. The van der Waals surface area contributed by atoms with Gasteiger partial charge in [-0.15, -0.1) is 0 Å². The minimum atomic E-state index is 0.620. The van der Waals surface area contributed by atoms with Crippen molar-refractivity contribution >= 4 is 22.2 Å². The van der Waals surface area contributed by atoms with Gasteiger partial charge in [0, 0.05) is 5.56 Å². The van der Waals surface area contributed by atoms with E-state index < -0.39 is 0 Å². The summed E-state index contributed by atoms with van der Waals surface area (Å²) in [5.74, 6) is 1.49. The molecule has 0 saturated carbocycles. The molecule has 2 aromatic carbocycles. The Bertz CT molecular complexity index is 591. The molecule has 0 radical (unpaired) electrons. The first-order valence-corrected chi connectivity index (χ1v) is 6.39. The maximum absolute atomic E-state index is 10.6. The van der Waals surface area contributed by atoms with Crippen LogP contribution in [0.5, 0.6) is 11.5 Å². The number of aryl methyl sites for hydroxylation is 2. The lowest BCUT2D eigenvalue weighted by Gasteiger charge is -2.09. The Hall–Kier alpha value is -1.61. The van der Waals surface area contributed by atoms with Gasteiger partial charge in [-0.05, 0) is 71.2 Å². The standard InChI is InChI=1S/C15H13BrO2/c1-10-3-5-13(7-11(10)2)18-15-6-4-12(9-17)8-14(15)16/h3-9H,1-2H3. The molecular weight excluding hydrogens is 292 g/mol. The van der Waals surface area contributed by atoms with Crippen molar-refractivity contribution in [1.82, 2.24) is 0 Å². The van der Waals surface area contributed by atoms with Gasteiger partial charge in [-0.3, -0.25) is 4.79 Å². The lowest BCUT2D eigenvalue weighted by molar-refractivity contribution is 0.112. The monoisotopic (exact) mass is 304 g/mol. The van der Waals surface area contributed by atoms with Crippen LogP contribution in [0.2, 0.25) is 0 Å². The molecule has 0 aliphatic rings. The number of ether oxygens (including phenoxy) is 1. The summed E-state index contributed by atoms with van der Waals surface area (Å²) in [7, 11) is 0. The first kappa shape index (κ1) is 12.8. The Balaban J connectivity index is 2.28. The van der Waals surface area contributed by atoms with Crippen molar-refractivity contribution in [2.24, 2.45) is 0 Å². The summed E-state index contributed by atoms with van der Waals surface area (Å²) in [6.45, 7) is 4.11. The third kappa shape index (κ3) is 2.79. The topological polar surface area (TPSA) is 26.3 Å². The molecule has 18 heavy (non-hydrogen) atoms. The van der Waals surface area contributed by atoms with Crippen LogP contribution in [0.4, 0.5) is 0 Å². The van der Waals surface area contributed by atoms with Crippen LogP contribution in [0, 0.1) is 13.8 Å². The maximum Gasteiger partial charge on any atom is 0.150 e. The molecule has 0 N–H and O–H groups in total. The van der Waals surface area contributed by atoms with Crippen molar-refractivity contribution in [3.8, 4) is 11.5 Å². The highest BCUT2D eigenvalue weighted by atomic mass is 79.9. The number of aldehydes is 1. The zero-order valence-corrected chi connectivity index (χ0v) is 11.8. The molecule has 0 aliphatic heterocycles. The largest absolute Gasteiger partial charge is 0.456 e. The Morgan fingerprint density at radius 3 is 2.44 bits per heavy atom. The van der Waals surface area contributed by atoms with Crippen LogP contribution in [-0.4, -0.2) is 6.29 Å². The minimum absolute atomic E-state index is 0.620. The van der Waals surface area contributed by atoms with Gasteiger partial charge in [0.1, 0.15) is 17.8 Å². The second kappa shape index (κ2) is 5.36. The van der Waals surface area contributed by atoms with Crippen molar-refractivity contribution in [1.29, 1.82) is 0 Å². The molecule has 0 spiro atoms. The summed E-state index contributed by atoms with van der Waals surface area (Å²) >= 11 is 3.39. The van der Waals surface area contributed by atoms with E-state index >= 15 is 0 Å². The highest BCUT2D eigenvalue weighted by Crippen LogP contribution is 2.30. The Kier molecular flexibility index (Phi) is 3.82. The van der Waals surface area contributed by atoms with Crippen LogP contribution < -0.4 is 4.74 Å². The second-order valence-corrected chi connectivity index (χ2v) is 5.01. The quantitative estimate of drug-likeness (QED) is 0.770.